The first kappa shape index (κ1) is 8.21. The molecule has 0 aliphatic carbocycles. The van der Waals surface area contributed by atoms with Gasteiger partial charge in [-0.05, 0) is 12.0 Å². The van der Waals surface area contributed by atoms with Gasteiger partial charge in [0.1, 0.15) is 5.01 Å². The number of aromatic nitrogens is 1. The van der Waals surface area contributed by atoms with Crippen LogP contribution in [0.2, 0.25) is 0 Å². The maximum atomic E-state index is 4.21. The first-order valence-corrected chi connectivity index (χ1v) is 4.48. The van der Waals surface area contributed by atoms with Gasteiger partial charge in [0.05, 0.1) is 0 Å². The van der Waals surface area contributed by atoms with Crippen LogP contribution in [0.25, 0.3) is 5.57 Å². The summed E-state index contributed by atoms with van der Waals surface area (Å²) in [6.45, 7) is 5.78. The Morgan fingerprint density at radius 1 is 1.82 bits per heavy atom. The normalized spacial score (nSPS) is 11.5. The van der Waals surface area contributed by atoms with Crippen molar-refractivity contribution in [2.24, 2.45) is 0 Å². The fourth-order valence-electron chi connectivity index (χ4n) is 0.865. The molecule has 0 saturated carbocycles. The lowest BCUT2D eigenvalue weighted by molar-refractivity contribution is 1.21. The predicted octanol–water partition coefficient (Wildman–Crippen LogP) is 3.12. The van der Waals surface area contributed by atoms with Gasteiger partial charge in [0.15, 0.2) is 0 Å². The molecule has 1 heterocycles. The fraction of sp³-hybridized carbons (Fsp3) is 0.222. The molecular formula is C9H11NS. The van der Waals surface area contributed by atoms with E-state index < -0.39 is 0 Å². The van der Waals surface area contributed by atoms with Crippen LogP contribution in [0.15, 0.2) is 30.3 Å². The lowest BCUT2D eigenvalue weighted by Crippen LogP contribution is -1.78. The molecule has 0 N–H and O–H groups in total. The maximum Gasteiger partial charge on any atom is 0.119 e. The van der Waals surface area contributed by atoms with Gasteiger partial charge in [-0.2, -0.15) is 0 Å². The molecular weight excluding hydrogens is 154 g/mol. The monoisotopic (exact) mass is 165 g/mol. The van der Waals surface area contributed by atoms with Crippen LogP contribution in [0.4, 0.5) is 0 Å². The van der Waals surface area contributed by atoms with Crippen LogP contribution in [-0.4, -0.2) is 4.98 Å². The van der Waals surface area contributed by atoms with Crippen LogP contribution in [0.5, 0.6) is 0 Å². The van der Waals surface area contributed by atoms with Gasteiger partial charge in [-0.15, -0.1) is 11.3 Å². The van der Waals surface area contributed by atoms with Crippen LogP contribution >= 0.6 is 11.3 Å². The van der Waals surface area contributed by atoms with Gasteiger partial charge in [0, 0.05) is 11.6 Å². The number of allylic oxidation sites excluding steroid dienone is 3. The number of hydrogen-bond acceptors (Lipinski definition) is 2. The summed E-state index contributed by atoms with van der Waals surface area (Å²) in [5.74, 6) is 0. The van der Waals surface area contributed by atoms with Crippen molar-refractivity contribution in [3.63, 3.8) is 0 Å². The van der Waals surface area contributed by atoms with E-state index in [0.29, 0.717) is 0 Å². The summed E-state index contributed by atoms with van der Waals surface area (Å²) < 4.78 is 0. The third-order valence-corrected chi connectivity index (χ3v) is 2.26. The van der Waals surface area contributed by atoms with E-state index in [1.165, 1.54) is 5.57 Å². The Labute approximate surface area is 71.1 Å². The molecule has 1 aromatic heterocycles. The fourth-order valence-corrected chi connectivity index (χ4v) is 1.60. The Bertz CT molecular complexity index is 247. The van der Waals surface area contributed by atoms with E-state index >= 15 is 0 Å². The second-order valence-corrected chi connectivity index (χ2v) is 3.01. The third kappa shape index (κ3) is 2.02. The highest BCUT2D eigenvalue weighted by molar-refractivity contribution is 7.10. The average Bonchev–Trinajstić information content (AvgIpc) is 2.52. The molecule has 0 radical (unpaired) electrons. The van der Waals surface area contributed by atoms with E-state index in [2.05, 4.69) is 18.5 Å². The van der Waals surface area contributed by atoms with Crippen molar-refractivity contribution in [3.8, 4) is 0 Å². The molecule has 0 fully saturated rings. The highest BCUT2D eigenvalue weighted by Gasteiger charge is 1.98. The second-order valence-electron chi connectivity index (χ2n) is 2.12. The topological polar surface area (TPSA) is 12.9 Å². The molecule has 2 heteroatoms. The van der Waals surface area contributed by atoms with Crippen molar-refractivity contribution in [1.82, 2.24) is 4.98 Å². The van der Waals surface area contributed by atoms with Crippen molar-refractivity contribution in [1.29, 1.82) is 0 Å². The van der Waals surface area contributed by atoms with Crippen molar-refractivity contribution < 1.29 is 0 Å². The van der Waals surface area contributed by atoms with Gasteiger partial charge < -0.3 is 0 Å². The van der Waals surface area contributed by atoms with Gasteiger partial charge in [0.25, 0.3) is 0 Å². The summed E-state index contributed by atoms with van der Waals surface area (Å²) in [5, 5.41) is 3.09. The molecule has 0 unspecified atom stereocenters. The summed E-state index contributed by atoms with van der Waals surface area (Å²) in [7, 11) is 0. The van der Waals surface area contributed by atoms with Gasteiger partial charge >= 0.3 is 0 Å². The molecule has 0 amide bonds. The summed E-state index contributed by atoms with van der Waals surface area (Å²) in [6.07, 6.45) is 6.66. The molecule has 1 nitrogen and oxygen atoms in total. The van der Waals surface area contributed by atoms with Gasteiger partial charge in [-0.1, -0.05) is 25.7 Å². The lowest BCUT2D eigenvalue weighted by Gasteiger charge is -1.95. The molecule has 0 spiro atoms. The van der Waals surface area contributed by atoms with Crippen molar-refractivity contribution in [2.45, 2.75) is 13.3 Å². The Hall–Kier alpha value is -0.890. The molecule has 0 aromatic carbocycles. The molecule has 1 rings (SSSR count). The average molecular weight is 165 g/mol. The third-order valence-electron chi connectivity index (χ3n) is 1.41. The molecule has 58 valence electrons. The molecule has 0 saturated heterocycles. The van der Waals surface area contributed by atoms with E-state index in [1.54, 1.807) is 17.4 Å². The highest BCUT2D eigenvalue weighted by atomic mass is 32.1. The number of nitrogens with zero attached hydrogens (tertiary/aromatic N) is 1. The second kappa shape index (κ2) is 4.09. The van der Waals surface area contributed by atoms with E-state index in [4.69, 9.17) is 0 Å². The van der Waals surface area contributed by atoms with E-state index in [9.17, 15) is 0 Å². The molecule has 1 aromatic rings. The molecule has 0 aliphatic heterocycles. The quantitative estimate of drug-likeness (QED) is 0.627. The smallest absolute Gasteiger partial charge is 0.119 e. The standard InChI is InChI=1S/C9H11NS/c1-3-5-8(4-2)9-10-6-7-11-9/h3,5-7H,1,4H2,2H3/b8-5+. The number of hydrogen-bond donors (Lipinski definition) is 0. The summed E-state index contributed by atoms with van der Waals surface area (Å²) in [6, 6.07) is 0. The highest BCUT2D eigenvalue weighted by Crippen LogP contribution is 2.19. The van der Waals surface area contributed by atoms with Crippen LogP contribution in [-0.2, 0) is 0 Å². The summed E-state index contributed by atoms with van der Waals surface area (Å²) in [4.78, 5) is 4.21. The van der Waals surface area contributed by atoms with E-state index in [-0.39, 0.29) is 0 Å². The Morgan fingerprint density at radius 3 is 3.09 bits per heavy atom. The minimum atomic E-state index is 1.01. The minimum Gasteiger partial charge on any atom is -0.245 e. The van der Waals surface area contributed by atoms with Crippen LogP contribution in [0.3, 0.4) is 0 Å². The zero-order chi connectivity index (χ0) is 8.10. The zero-order valence-electron chi connectivity index (χ0n) is 6.58. The SMILES string of the molecule is C=C/C=C(\CC)c1nccs1. The minimum absolute atomic E-state index is 1.01. The molecule has 0 aliphatic rings. The first-order valence-electron chi connectivity index (χ1n) is 3.60. The molecule has 0 bridgehead atoms. The predicted molar refractivity (Wildman–Crippen MR) is 50.6 cm³/mol. The number of rotatable bonds is 3. The Kier molecular flexibility index (Phi) is 3.05. The van der Waals surface area contributed by atoms with Gasteiger partial charge in [-0.25, -0.2) is 4.98 Å². The van der Waals surface area contributed by atoms with E-state index in [0.717, 1.165) is 11.4 Å². The first-order chi connectivity index (χ1) is 5.38. The van der Waals surface area contributed by atoms with Crippen molar-refractivity contribution in [2.75, 3.05) is 0 Å². The zero-order valence-corrected chi connectivity index (χ0v) is 7.40. The van der Waals surface area contributed by atoms with Crippen molar-refractivity contribution in [3.05, 3.63) is 35.3 Å². The van der Waals surface area contributed by atoms with Crippen LogP contribution in [0, 0.1) is 0 Å². The van der Waals surface area contributed by atoms with Crippen LogP contribution in [0.1, 0.15) is 18.4 Å². The largest absolute Gasteiger partial charge is 0.245 e. The lowest BCUT2D eigenvalue weighted by atomic mass is 10.2. The summed E-state index contributed by atoms with van der Waals surface area (Å²) in [5.41, 5.74) is 1.26. The molecule has 0 atom stereocenters. The molecule has 11 heavy (non-hydrogen) atoms. The van der Waals surface area contributed by atoms with Crippen molar-refractivity contribution >= 4 is 16.9 Å². The maximum absolute atomic E-state index is 4.21. The van der Waals surface area contributed by atoms with Gasteiger partial charge in [0.2, 0.25) is 0 Å². The Balaban J connectivity index is 2.88. The van der Waals surface area contributed by atoms with Crippen LogP contribution < -0.4 is 0 Å². The number of thiazole rings is 1. The van der Waals surface area contributed by atoms with E-state index in [1.807, 2.05) is 17.7 Å². The van der Waals surface area contributed by atoms with Gasteiger partial charge in [-0.3, -0.25) is 0 Å². The summed E-state index contributed by atoms with van der Waals surface area (Å²) >= 11 is 1.67. The Morgan fingerprint density at radius 2 is 2.64 bits per heavy atom.